The van der Waals surface area contributed by atoms with Crippen LogP contribution in [0.1, 0.15) is 28.4 Å². The van der Waals surface area contributed by atoms with E-state index in [1.54, 1.807) is 24.5 Å². The summed E-state index contributed by atoms with van der Waals surface area (Å²) in [4.78, 5) is 18.4. The van der Waals surface area contributed by atoms with Crippen molar-refractivity contribution in [3.8, 4) is 0 Å². The van der Waals surface area contributed by atoms with Gasteiger partial charge in [0.25, 0.3) is 0 Å². The minimum absolute atomic E-state index is 0. The van der Waals surface area contributed by atoms with Gasteiger partial charge in [0.2, 0.25) is 0 Å². The lowest BCUT2D eigenvalue weighted by atomic mass is 10.1. The second-order valence-corrected chi connectivity index (χ2v) is 5.14. The van der Waals surface area contributed by atoms with Gasteiger partial charge in [0.1, 0.15) is 6.10 Å². The number of nitrogens with zero attached hydrogens (tertiary/aromatic N) is 2. The molecule has 0 saturated heterocycles. The largest absolute Gasteiger partial charge is 0.454 e. The van der Waals surface area contributed by atoms with Gasteiger partial charge < -0.3 is 9.64 Å². The van der Waals surface area contributed by atoms with Gasteiger partial charge in [0.15, 0.2) is 0 Å². The predicted octanol–water partition coefficient (Wildman–Crippen LogP) is 3.35. The minimum Gasteiger partial charge on any atom is -0.454 e. The molecule has 1 aromatic heterocycles. The Kier molecular flexibility index (Phi) is 7.57. The third-order valence-corrected chi connectivity index (χ3v) is 3.15. The van der Waals surface area contributed by atoms with E-state index in [2.05, 4.69) is 9.88 Å². The number of carbonyl (C=O) groups excluding carboxylic acids is 1. The summed E-state index contributed by atoms with van der Waals surface area (Å²) in [5, 5.41) is 0. The van der Waals surface area contributed by atoms with E-state index in [9.17, 15) is 4.79 Å². The van der Waals surface area contributed by atoms with Gasteiger partial charge in [0, 0.05) is 30.9 Å². The first-order chi connectivity index (χ1) is 10.2. The molecule has 22 heavy (non-hydrogen) atoms. The van der Waals surface area contributed by atoms with Crippen molar-refractivity contribution < 1.29 is 9.53 Å². The van der Waals surface area contributed by atoms with E-state index in [0.717, 1.165) is 18.5 Å². The molecule has 0 N–H and O–H groups in total. The quantitative estimate of drug-likeness (QED) is 0.765. The number of hydrogen-bond donors (Lipinski definition) is 0. The van der Waals surface area contributed by atoms with Crippen LogP contribution in [0.3, 0.4) is 0 Å². The number of pyridine rings is 1. The predicted molar refractivity (Wildman–Crippen MR) is 89.3 cm³/mol. The molecular weight excluding hydrogens is 300 g/mol. The molecule has 0 spiro atoms. The third kappa shape index (κ3) is 5.47. The molecule has 118 valence electrons. The maximum atomic E-state index is 12.2. The Hall–Kier alpha value is -1.91. The average Bonchev–Trinajstić information content (AvgIpc) is 2.52. The van der Waals surface area contributed by atoms with Gasteiger partial charge in [-0.1, -0.05) is 24.3 Å². The molecule has 2 rings (SSSR count). The molecule has 0 fully saturated rings. The molecule has 0 aliphatic carbocycles. The summed E-state index contributed by atoms with van der Waals surface area (Å²) in [6.07, 6.45) is 3.91. The second kappa shape index (κ2) is 9.18. The van der Waals surface area contributed by atoms with Gasteiger partial charge in [-0.15, -0.1) is 12.4 Å². The summed E-state index contributed by atoms with van der Waals surface area (Å²) in [6.45, 7) is 0.835. The number of esters is 1. The van der Waals surface area contributed by atoms with Crippen LogP contribution in [0.2, 0.25) is 0 Å². The number of halogens is 1. The summed E-state index contributed by atoms with van der Waals surface area (Å²) in [5.74, 6) is -0.303. The van der Waals surface area contributed by atoms with Crippen molar-refractivity contribution in [1.82, 2.24) is 9.88 Å². The summed E-state index contributed by atoms with van der Waals surface area (Å²) in [5.41, 5.74) is 1.49. The summed E-state index contributed by atoms with van der Waals surface area (Å²) >= 11 is 0. The van der Waals surface area contributed by atoms with Gasteiger partial charge in [-0.05, 0) is 32.3 Å². The molecule has 0 bridgehead atoms. The molecule has 0 amide bonds. The van der Waals surface area contributed by atoms with E-state index in [1.807, 2.05) is 44.4 Å². The van der Waals surface area contributed by atoms with Crippen LogP contribution in [0.4, 0.5) is 0 Å². The highest BCUT2D eigenvalue weighted by atomic mass is 35.5. The first-order valence-electron chi connectivity index (χ1n) is 6.97. The number of benzene rings is 1. The number of ether oxygens (including phenoxy) is 1. The maximum absolute atomic E-state index is 12.2. The molecule has 0 aliphatic rings. The van der Waals surface area contributed by atoms with Crippen molar-refractivity contribution in [2.24, 2.45) is 0 Å². The molecule has 2 aromatic rings. The summed E-state index contributed by atoms with van der Waals surface area (Å²) in [7, 11) is 4.00. The Morgan fingerprint density at radius 3 is 2.50 bits per heavy atom. The smallest absolute Gasteiger partial charge is 0.338 e. The molecule has 0 radical (unpaired) electrons. The molecular formula is C17H21ClN2O2. The van der Waals surface area contributed by atoms with Gasteiger partial charge in [-0.2, -0.15) is 0 Å². The van der Waals surface area contributed by atoms with Crippen LogP contribution in [0.15, 0.2) is 54.9 Å². The van der Waals surface area contributed by atoms with E-state index in [1.165, 1.54) is 0 Å². The summed E-state index contributed by atoms with van der Waals surface area (Å²) < 4.78 is 5.67. The van der Waals surface area contributed by atoms with Crippen LogP contribution in [-0.2, 0) is 4.74 Å². The molecule has 1 aromatic carbocycles. The number of aromatic nitrogens is 1. The first kappa shape index (κ1) is 18.1. The van der Waals surface area contributed by atoms with Crippen molar-refractivity contribution >= 4 is 18.4 Å². The summed E-state index contributed by atoms with van der Waals surface area (Å²) in [6, 6.07) is 12.8. The SMILES string of the molecule is CN(C)CCC(OC(=O)c1ccccc1)c1cccnc1.Cl. The van der Waals surface area contributed by atoms with E-state index < -0.39 is 0 Å². The fourth-order valence-electron chi connectivity index (χ4n) is 2.01. The van der Waals surface area contributed by atoms with Crippen LogP contribution in [0.25, 0.3) is 0 Å². The standard InChI is InChI=1S/C17H20N2O2.ClH/c1-19(2)12-10-16(15-9-6-11-18-13-15)21-17(20)14-7-4-3-5-8-14;/h3-9,11,13,16H,10,12H2,1-2H3;1H. The van der Waals surface area contributed by atoms with Gasteiger partial charge in [-0.25, -0.2) is 4.79 Å². The Morgan fingerprint density at radius 2 is 1.91 bits per heavy atom. The minimum atomic E-state index is -0.303. The third-order valence-electron chi connectivity index (χ3n) is 3.15. The fraction of sp³-hybridized carbons (Fsp3) is 0.294. The molecule has 1 atom stereocenters. The van der Waals surface area contributed by atoms with Crippen molar-refractivity contribution in [3.05, 3.63) is 66.0 Å². The van der Waals surface area contributed by atoms with E-state index in [-0.39, 0.29) is 24.5 Å². The number of carbonyl (C=O) groups is 1. The lowest BCUT2D eigenvalue weighted by Gasteiger charge is -2.20. The molecule has 0 saturated carbocycles. The van der Waals surface area contributed by atoms with Crippen LogP contribution in [0.5, 0.6) is 0 Å². The van der Waals surface area contributed by atoms with Crippen molar-refractivity contribution in [2.45, 2.75) is 12.5 Å². The van der Waals surface area contributed by atoms with Gasteiger partial charge in [0.05, 0.1) is 5.56 Å². The average molecular weight is 321 g/mol. The molecule has 4 nitrogen and oxygen atoms in total. The van der Waals surface area contributed by atoms with E-state index in [0.29, 0.717) is 5.56 Å². The molecule has 1 unspecified atom stereocenters. The fourth-order valence-corrected chi connectivity index (χ4v) is 2.01. The van der Waals surface area contributed by atoms with Crippen molar-refractivity contribution in [1.29, 1.82) is 0 Å². The topological polar surface area (TPSA) is 42.4 Å². The zero-order valence-electron chi connectivity index (χ0n) is 12.8. The van der Waals surface area contributed by atoms with Crippen molar-refractivity contribution in [3.63, 3.8) is 0 Å². The highest BCUT2D eigenvalue weighted by molar-refractivity contribution is 5.89. The van der Waals surface area contributed by atoms with Crippen LogP contribution in [0, 0.1) is 0 Å². The monoisotopic (exact) mass is 320 g/mol. The Labute approximate surface area is 137 Å². The molecule has 1 heterocycles. The Morgan fingerprint density at radius 1 is 1.18 bits per heavy atom. The van der Waals surface area contributed by atoms with Crippen LogP contribution in [-0.4, -0.2) is 36.5 Å². The normalized spacial score (nSPS) is 11.6. The van der Waals surface area contributed by atoms with E-state index >= 15 is 0 Å². The van der Waals surface area contributed by atoms with E-state index in [4.69, 9.17) is 4.74 Å². The lowest BCUT2D eigenvalue weighted by molar-refractivity contribution is 0.0260. The van der Waals surface area contributed by atoms with Gasteiger partial charge >= 0.3 is 5.97 Å². The lowest BCUT2D eigenvalue weighted by Crippen LogP contribution is -2.19. The second-order valence-electron chi connectivity index (χ2n) is 5.14. The maximum Gasteiger partial charge on any atom is 0.338 e. The molecule has 0 aliphatic heterocycles. The molecule has 5 heteroatoms. The Balaban J connectivity index is 0.00000242. The van der Waals surface area contributed by atoms with Crippen LogP contribution < -0.4 is 0 Å². The number of rotatable bonds is 6. The highest BCUT2D eigenvalue weighted by Gasteiger charge is 2.18. The van der Waals surface area contributed by atoms with Crippen molar-refractivity contribution in [2.75, 3.05) is 20.6 Å². The Bertz CT molecular complexity index is 561. The zero-order chi connectivity index (χ0) is 15.1. The number of hydrogen-bond acceptors (Lipinski definition) is 4. The zero-order valence-corrected chi connectivity index (χ0v) is 13.6. The van der Waals surface area contributed by atoms with Crippen LogP contribution >= 0.6 is 12.4 Å². The highest BCUT2D eigenvalue weighted by Crippen LogP contribution is 2.22. The van der Waals surface area contributed by atoms with Gasteiger partial charge in [-0.3, -0.25) is 4.98 Å². The first-order valence-corrected chi connectivity index (χ1v) is 6.97.